The number of benzene rings is 4. The standard InChI is InChI=1S/C32H33N10O3P/c43-46(44-21-33-29(31-35-39-40-36-31)19-23-11-15-27(16-12-23)25-7-3-1-4-8-25)45-22-34-30(32-37-41-42-38-32)20-24-13-17-28(18-14-24)26-9-5-2-6-10-26/h1-18,29-30,33-34,46H,19-22H2,(H,35,36,39,40)(H,37,38,41,42)/t29-,30-/m0/s1. The van der Waals surface area contributed by atoms with Crippen LogP contribution >= 0.6 is 8.25 Å². The number of rotatable bonds is 16. The third-order valence-corrected chi connectivity index (χ3v) is 8.18. The van der Waals surface area contributed by atoms with Crippen molar-refractivity contribution in [1.82, 2.24) is 51.9 Å². The Morgan fingerprint density at radius 3 is 1.33 bits per heavy atom. The van der Waals surface area contributed by atoms with E-state index in [2.05, 4.69) is 125 Å². The smallest absolute Gasteiger partial charge is 0.295 e. The molecule has 0 bridgehead atoms. The molecule has 0 amide bonds. The summed E-state index contributed by atoms with van der Waals surface area (Å²) in [6.45, 7) is -0.0665. The lowest BCUT2D eigenvalue weighted by Crippen LogP contribution is -2.27. The van der Waals surface area contributed by atoms with Crippen molar-refractivity contribution in [1.29, 1.82) is 0 Å². The van der Waals surface area contributed by atoms with Crippen molar-refractivity contribution in [2.45, 2.75) is 24.9 Å². The molecule has 0 aliphatic heterocycles. The predicted octanol–water partition coefficient (Wildman–Crippen LogP) is 4.83. The molecule has 0 radical (unpaired) electrons. The van der Waals surface area contributed by atoms with Crippen molar-refractivity contribution in [2.24, 2.45) is 0 Å². The molecule has 0 fully saturated rings. The zero-order valence-corrected chi connectivity index (χ0v) is 25.8. The van der Waals surface area contributed by atoms with Gasteiger partial charge in [-0.15, -0.1) is 10.2 Å². The van der Waals surface area contributed by atoms with Crippen LogP contribution in [0.1, 0.15) is 34.9 Å². The summed E-state index contributed by atoms with van der Waals surface area (Å²) in [5.74, 6) is 1.08. The van der Waals surface area contributed by atoms with Crippen LogP contribution in [0.4, 0.5) is 0 Å². The maximum absolute atomic E-state index is 12.6. The first-order chi connectivity index (χ1) is 22.7. The maximum atomic E-state index is 12.6. The normalized spacial score (nSPS) is 12.7. The van der Waals surface area contributed by atoms with E-state index in [1.165, 1.54) is 0 Å². The second-order valence-corrected chi connectivity index (χ2v) is 11.5. The molecule has 0 unspecified atom stereocenters. The van der Waals surface area contributed by atoms with Crippen LogP contribution in [0.25, 0.3) is 22.3 Å². The van der Waals surface area contributed by atoms with E-state index in [1.807, 2.05) is 36.4 Å². The third-order valence-electron chi connectivity index (χ3n) is 7.42. The van der Waals surface area contributed by atoms with Gasteiger partial charge in [-0.3, -0.25) is 24.2 Å². The summed E-state index contributed by atoms with van der Waals surface area (Å²) in [5.41, 5.74) is 6.71. The highest BCUT2D eigenvalue weighted by Gasteiger charge is 2.18. The monoisotopic (exact) mass is 636 g/mol. The van der Waals surface area contributed by atoms with E-state index in [9.17, 15) is 4.57 Å². The number of tetrazole rings is 2. The Morgan fingerprint density at radius 2 is 0.957 bits per heavy atom. The molecule has 2 heterocycles. The summed E-state index contributed by atoms with van der Waals surface area (Å²) < 4.78 is 23.6. The first kappa shape index (κ1) is 31.1. The first-order valence-corrected chi connectivity index (χ1v) is 16.0. The highest BCUT2D eigenvalue weighted by molar-refractivity contribution is 7.33. The number of nitrogens with zero attached hydrogens (tertiary/aromatic N) is 6. The van der Waals surface area contributed by atoms with Gasteiger partial charge in [0.2, 0.25) is 0 Å². The number of aromatic nitrogens is 8. The first-order valence-electron chi connectivity index (χ1n) is 14.7. The van der Waals surface area contributed by atoms with Crippen molar-refractivity contribution < 1.29 is 13.6 Å². The van der Waals surface area contributed by atoms with E-state index in [4.69, 9.17) is 9.05 Å². The summed E-state index contributed by atoms with van der Waals surface area (Å²) in [7, 11) is -2.83. The quantitative estimate of drug-likeness (QED) is 0.0848. The lowest BCUT2D eigenvalue weighted by molar-refractivity contribution is 0.186. The molecule has 0 spiro atoms. The number of aromatic amines is 2. The van der Waals surface area contributed by atoms with Gasteiger partial charge in [0, 0.05) is 0 Å². The minimum absolute atomic E-state index is 0.0333. The van der Waals surface area contributed by atoms with Crippen molar-refractivity contribution in [2.75, 3.05) is 13.5 Å². The molecule has 0 aliphatic carbocycles. The predicted molar refractivity (Wildman–Crippen MR) is 172 cm³/mol. The SMILES string of the molecule is O=[PH](OCN[C@@H](Cc1ccc(-c2ccccc2)cc1)c1nnn[nH]1)OCN[C@@H](Cc1ccc(-c2ccccc2)cc1)c1nnn[nH]1. The van der Waals surface area contributed by atoms with Gasteiger partial charge in [0.05, 0.1) is 12.1 Å². The van der Waals surface area contributed by atoms with Gasteiger partial charge in [0.1, 0.15) is 13.5 Å². The van der Waals surface area contributed by atoms with E-state index in [-0.39, 0.29) is 25.5 Å². The molecule has 4 aromatic carbocycles. The Labute approximate surface area is 266 Å². The van der Waals surface area contributed by atoms with Gasteiger partial charge in [-0.1, -0.05) is 109 Å². The van der Waals surface area contributed by atoms with Gasteiger partial charge in [0.25, 0.3) is 0 Å². The number of nitrogens with one attached hydrogen (secondary N) is 4. The van der Waals surface area contributed by atoms with Crippen LogP contribution in [0.5, 0.6) is 0 Å². The fourth-order valence-electron chi connectivity index (χ4n) is 5.00. The Morgan fingerprint density at radius 1 is 0.565 bits per heavy atom. The number of H-pyrrole nitrogens is 2. The molecule has 13 nitrogen and oxygen atoms in total. The van der Waals surface area contributed by atoms with Crippen LogP contribution in [0, 0.1) is 0 Å². The van der Waals surface area contributed by atoms with Gasteiger partial charge in [0.15, 0.2) is 11.6 Å². The molecule has 4 N–H and O–H groups in total. The molecular weight excluding hydrogens is 603 g/mol. The average Bonchev–Trinajstić information content (AvgIpc) is 3.85. The lowest BCUT2D eigenvalue weighted by atomic mass is 10.0. The van der Waals surface area contributed by atoms with Crippen LogP contribution in [0.3, 0.4) is 0 Å². The lowest BCUT2D eigenvalue weighted by Gasteiger charge is -2.18. The molecule has 0 aliphatic rings. The van der Waals surface area contributed by atoms with Crippen molar-refractivity contribution >= 4 is 8.25 Å². The summed E-state index contributed by atoms with van der Waals surface area (Å²) in [6, 6.07) is 36.4. The Hall–Kier alpha value is -4.91. The maximum Gasteiger partial charge on any atom is 0.321 e. The Kier molecular flexibility index (Phi) is 10.7. The summed E-state index contributed by atoms with van der Waals surface area (Å²) in [4.78, 5) is 0. The molecule has 46 heavy (non-hydrogen) atoms. The van der Waals surface area contributed by atoms with Crippen molar-refractivity contribution in [3.8, 4) is 22.3 Å². The van der Waals surface area contributed by atoms with Gasteiger partial charge in [-0.2, -0.15) is 0 Å². The van der Waals surface area contributed by atoms with E-state index in [0.717, 1.165) is 33.4 Å². The second-order valence-electron chi connectivity index (χ2n) is 10.4. The van der Waals surface area contributed by atoms with Crippen molar-refractivity contribution in [3.63, 3.8) is 0 Å². The summed E-state index contributed by atoms with van der Waals surface area (Å²) >= 11 is 0. The minimum atomic E-state index is -2.83. The molecule has 14 heteroatoms. The highest BCUT2D eigenvalue weighted by Crippen LogP contribution is 2.26. The van der Waals surface area contributed by atoms with Crippen LogP contribution < -0.4 is 10.6 Å². The van der Waals surface area contributed by atoms with E-state index >= 15 is 0 Å². The van der Waals surface area contributed by atoms with Gasteiger partial charge in [-0.25, -0.2) is 10.2 Å². The molecular formula is C32H33N10O3P. The fourth-order valence-corrected chi connectivity index (χ4v) is 5.49. The molecule has 6 aromatic rings. The largest absolute Gasteiger partial charge is 0.321 e. The summed E-state index contributed by atoms with van der Waals surface area (Å²) in [6.07, 6.45) is 1.16. The molecule has 234 valence electrons. The highest BCUT2D eigenvalue weighted by atomic mass is 31.1. The zero-order chi connectivity index (χ0) is 31.4. The minimum Gasteiger partial charge on any atom is -0.295 e. The van der Waals surface area contributed by atoms with Gasteiger partial charge >= 0.3 is 8.25 Å². The van der Waals surface area contributed by atoms with Crippen LogP contribution in [-0.2, 0) is 26.5 Å². The number of hydrogen-bond acceptors (Lipinski definition) is 11. The average molecular weight is 637 g/mol. The van der Waals surface area contributed by atoms with Crippen LogP contribution in [-0.4, -0.2) is 54.7 Å². The van der Waals surface area contributed by atoms with E-state index in [1.54, 1.807) is 0 Å². The molecule has 2 atom stereocenters. The molecule has 6 rings (SSSR count). The second kappa shape index (κ2) is 15.9. The fraction of sp³-hybridized carbons (Fsp3) is 0.188. The third kappa shape index (κ3) is 8.62. The Bertz CT molecular complexity index is 1630. The zero-order valence-electron chi connectivity index (χ0n) is 24.8. The molecule has 0 saturated heterocycles. The molecule has 0 saturated carbocycles. The topological polar surface area (TPSA) is 169 Å². The van der Waals surface area contributed by atoms with Crippen LogP contribution in [0.15, 0.2) is 109 Å². The van der Waals surface area contributed by atoms with E-state index < -0.39 is 8.25 Å². The van der Waals surface area contributed by atoms with E-state index in [0.29, 0.717) is 24.5 Å². The summed E-state index contributed by atoms with van der Waals surface area (Å²) in [5, 5.41) is 35.0. The van der Waals surface area contributed by atoms with Crippen molar-refractivity contribution in [3.05, 3.63) is 132 Å². The van der Waals surface area contributed by atoms with Gasteiger partial charge in [-0.05, 0) is 67.1 Å². The Balaban J connectivity index is 0.986. The van der Waals surface area contributed by atoms with Gasteiger partial charge < -0.3 is 0 Å². The van der Waals surface area contributed by atoms with Crippen LogP contribution in [0.2, 0.25) is 0 Å². The number of hydrogen-bond donors (Lipinski definition) is 4. The molecule has 2 aromatic heterocycles.